The van der Waals surface area contributed by atoms with Gasteiger partial charge in [0.25, 0.3) is 0 Å². The Morgan fingerprint density at radius 3 is 2.41 bits per heavy atom. The molecule has 0 aliphatic heterocycles. The van der Waals surface area contributed by atoms with Crippen molar-refractivity contribution in [3.05, 3.63) is 23.5 Å². The molecule has 0 aromatic carbocycles. The van der Waals surface area contributed by atoms with Gasteiger partial charge in [0.15, 0.2) is 0 Å². The first-order valence-electron chi connectivity index (χ1n) is 5.94. The molecule has 0 bridgehead atoms. The Kier molecular flexibility index (Phi) is 4.39. The van der Waals surface area contributed by atoms with Gasteiger partial charge >= 0.3 is 0 Å². The molecule has 1 N–H and O–H groups in total. The van der Waals surface area contributed by atoms with Crippen molar-refractivity contribution in [2.24, 2.45) is 10.8 Å². The van der Waals surface area contributed by atoms with E-state index in [2.05, 4.69) is 26.8 Å². The maximum absolute atomic E-state index is 9.84. The highest BCUT2D eigenvalue weighted by Crippen LogP contribution is 2.47. The van der Waals surface area contributed by atoms with Gasteiger partial charge in [0, 0.05) is 19.6 Å². The van der Waals surface area contributed by atoms with E-state index < -0.39 is 0 Å². The van der Waals surface area contributed by atoms with Gasteiger partial charge in [0.1, 0.15) is 5.76 Å². The van der Waals surface area contributed by atoms with Crippen LogP contribution in [0.1, 0.15) is 27.2 Å². The zero-order valence-electron chi connectivity index (χ0n) is 11.5. The molecule has 0 saturated carbocycles. The van der Waals surface area contributed by atoms with Gasteiger partial charge < -0.3 is 14.6 Å². The Hall–Kier alpha value is -0.800. The Morgan fingerprint density at radius 2 is 1.94 bits per heavy atom. The van der Waals surface area contributed by atoms with E-state index in [1.54, 1.807) is 20.3 Å². The topological polar surface area (TPSA) is 38.7 Å². The van der Waals surface area contributed by atoms with Crippen LogP contribution in [0.5, 0.6) is 0 Å². The number of aliphatic hydroxyl groups excluding tert-OH is 1. The van der Waals surface area contributed by atoms with Crippen LogP contribution in [0.3, 0.4) is 0 Å². The van der Waals surface area contributed by atoms with Gasteiger partial charge in [-0.15, -0.1) is 0 Å². The summed E-state index contributed by atoms with van der Waals surface area (Å²) in [6, 6.07) is 0. The van der Waals surface area contributed by atoms with E-state index in [-0.39, 0.29) is 10.8 Å². The fourth-order valence-corrected chi connectivity index (χ4v) is 2.27. The fraction of sp³-hybridized carbons (Fsp3) is 0.714. The first-order valence-corrected chi connectivity index (χ1v) is 5.94. The number of hydrogen-bond donors (Lipinski definition) is 1. The summed E-state index contributed by atoms with van der Waals surface area (Å²) in [6.45, 7) is 7.71. The summed E-state index contributed by atoms with van der Waals surface area (Å²) in [5, 5.41) is 9.84. The van der Waals surface area contributed by atoms with Gasteiger partial charge in [-0.25, -0.2) is 0 Å². The molecule has 0 aromatic rings. The number of rotatable bonds is 4. The van der Waals surface area contributed by atoms with Gasteiger partial charge in [0.2, 0.25) is 0 Å². The van der Waals surface area contributed by atoms with Crippen LogP contribution in [0, 0.1) is 10.8 Å². The molecule has 3 nitrogen and oxygen atoms in total. The van der Waals surface area contributed by atoms with Crippen molar-refractivity contribution < 1.29 is 14.6 Å². The summed E-state index contributed by atoms with van der Waals surface area (Å²) in [7, 11) is 3.36. The van der Waals surface area contributed by atoms with Crippen LogP contribution in [0.25, 0.3) is 0 Å². The van der Waals surface area contributed by atoms with Crippen LogP contribution in [0.15, 0.2) is 23.5 Å². The number of methoxy groups -OCH3 is 2. The third-order valence-electron chi connectivity index (χ3n) is 3.67. The highest BCUT2D eigenvalue weighted by molar-refractivity contribution is 5.30. The average molecular weight is 240 g/mol. The number of ether oxygens (including phenoxy) is 2. The molecule has 0 amide bonds. The molecule has 0 heterocycles. The van der Waals surface area contributed by atoms with Gasteiger partial charge in [-0.05, 0) is 23.5 Å². The smallest absolute Gasteiger partial charge is 0.116 e. The third kappa shape index (κ3) is 2.90. The SMILES string of the molecule is COCC1=C(O)C=CC(COC)(C(C)(C)C)C1. The lowest BCUT2D eigenvalue weighted by Gasteiger charge is -2.44. The Bertz CT molecular complexity index is 323. The van der Waals surface area contributed by atoms with Crippen LogP contribution >= 0.6 is 0 Å². The first kappa shape index (κ1) is 14.3. The van der Waals surface area contributed by atoms with Crippen molar-refractivity contribution in [2.45, 2.75) is 27.2 Å². The molecule has 0 aromatic heterocycles. The second-order valence-electron chi connectivity index (χ2n) is 5.77. The number of allylic oxidation sites excluding steroid dienone is 1. The summed E-state index contributed by atoms with van der Waals surface area (Å²) < 4.78 is 10.5. The predicted octanol–water partition coefficient (Wildman–Crippen LogP) is 3.08. The largest absolute Gasteiger partial charge is 0.508 e. The molecule has 0 saturated heterocycles. The molecule has 1 aliphatic rings. The van der Waals surface area contributed by atoms with Crippen molar-refractivity contribution in [1.82, 2.24) is 0 Å². The van der Waals surface area contributed by atoms with Gasteiger partial charge in [-0.1, -0.05) is 26.8 Å². The molecule has 0 radical (unpaired) electrons. The normalized spacial score (nSPS) is 25.5. The second-order valence-corrected chi connectivity index (χ2v) is 5.77. The highest BCUT2D eigenvalue weighted by Gasteiger charge is 2.42. The molecule has 1 atom stereocenters. The molecule has 1 aliphatic carbocycles. The number of hydrogen-bond acceptors (Lipinski definition) is 3. The quantitative estimate of drug-likeness (QED) is 0.820. The molecular formula is C14H24O3. The van der Waals surface area contributed by atoms with Gasteiger partial charge in [-0.3, -0.25) is 0 Å². The van der Waals surface area contributed by atoms with Crippen LogP contribution in [0.2, 0.25) is 0 Å². The minimum absolute atomic E-state index is 0.0687. The molecule has 0 fully saturated rings. The van der Waals surface area contributed by atoms with E-state index in [0.717, 1.165) is 12.0 Å². The van der Waals surface area contributed by atoms with Crippen LogP contribution in [-0.4, -0.2) is 32.5 Å². The fourth-order valence-electron chi connectivity index (χ4n) is 2.27. The molecular weight excluding hydrogens is 216 g/mol. The van der Waals surface area contributed by atoms with E-state index in [0.29, 0.717) is 19.0 Å². The summed E-state index contributed by atoms with van der Waals surface area (Å²) in [5.41, 5.74) is 0.933. The van der Waals surface area contributed by atoms with Gasteiger partial charge in [0.05, 0.1) is 13.2 Å². The molecule has 17 heavy (non-hydrogen) atoms. The highest BCUT2D eigenvalue weighted by atomic mass is 16.5. The lowest BCUT2D eigenvalue weighted by molar-refractivity contribution is 0.0267. The van der Waals surface area contributed by atoms with Crippen molar-refractivity contribution in [1.29, 1.82) is 0 Å². The predicted molar refractivity (Wildman–Crippen MR) is 69.1 cm³/mol. The molecule has 0 spiro atoms. The summed E-state index contributed by atoms with van der Waals surface area (Å²) in [4.78, 5) is 0. The van der Waals surface area contributed by atoms with E-state index in [4.69, 9.17) is 9.47 Å². The molecule has 98 valence electrons. The standard InChI is InChI=1S/C14H24O3/c1-13(2,3)14(10-17-5)7-6-12(15)11(8-14)9-16-4/h6-7,15H,8-10H2,1-5H3. The molecule has 1 unspecified atom stereocenters. The lowest BCUT2D eigenvalue weighted by atomic mass is 9.62. The second kappa shape index (κ2) is 5.23. The first-order chi connectivity index (χ1) is 7.86. The maximum atomic E-state index is 9.84. The van der Waals surface area contributed by atoms with Crippen LogP contribution in [0.4, 0.5) is 0 Å². The van der Waals surface area contributed by atoms with Crippen LogP contribution < -0.4 is 0 Å². The minimum atomic E-state index is -0.0815. The summed E-state index contributed by atoms with van der Waals surface area (Å²) >= 11 is 0. The van der Waals surface area contributed by atoms with E-state index >= 15 is 0 Å². The Labute approximate surface area is 104 Å². The van der Waals surface area contributed by atoms with Crippen molar-refractivity contribution in [3.8, 4) is 0 Å². The van der Waals surface area contributed by atoms with Crippen LogP contribution in [-0.2, 0) is 9.47 Å². The molecule has 3 heteroatoms. The average Bonchev–Trinajstić information content (AvgIpc) is 2.22. The zero-order valence-corrected chi connectivity index (χ0v) is 11.5. The minimum Gasteiger partial charge on any atom is -0.508 e. The molecule has 1 rings (SSSR count). The van der Waals surface area contributed by atoms with E-state index in [1.165, 1.54) is 0 Å². The van der Waals surface area contributed by atoms with E-state index in [9.17, 15) is 5.11 Å². The van der Waals surface area contributed by atoms with Crippen molar-refractivity contribution in [2.75, 3.05) is 27.4 Å². The zero-order chi connectivity index (χ0) is 13.1. The Balaban J connectivity index is 3.03. The monoisotopic (exact) mass is 240 g/mol. The summed E-state index contributed by atoms with van der Waals surface area (Å²) in [5.74, 6) is 0.336. The summed E-state index contributed by atoms with van der Waals surface area (Å²) in [6.07, 6.45) is 4.63. The third-order valence-corrected chi connectivity index (χ3v) is 3.67. The Morgan fingerprint density at radius 1 is 1.29 bits per heavy atom. The van der Waals surface area contributed by atoms with Crippen molar-refractivity contribution in [3.63, 3.8) is 0 Å². The van der Waals surface area contributed by atoms with E-state index in [1.807, 2.05) is 0 Å². The van der Waals surface area contributed by atoms with Crippen molar-refractivity contribution >= 4 is 0 Å². The maximum Gasteiger partial charge on any atom is 0.116 e. The number of aliphatic hydroxyl groups is 1. The van der Waals surface area contributed by atoms with Gasteiger partial charge in [-0.2, -0.15) is 0 Å². The lowest BCUT2D eigenvalue weighted by Crippen LogP contribution is -2.40.